The second-order valence-electron chi connectivity index (χ2n) is 4.37. The zero-order chi connectivity index (χ0) is 12.4. The van der Waals surface area contributed by atoms with Gasteiger partial charge in [0.1, 0.15) is 5.82 Å². The molecule has 2 rings (SSSR count). The van der Waals surface area contributed by atoms with Crippen molar-refractivity contribution in [1.82, 2.24) is 5.32 Å². The zero-order valence-corrected chi connectivity index (χ0v) is 10.9. The van der Waals surface area contributed by atoms with Crippen molar-refractivity contribution in [3.8, 4) is 11.5 Å². The zero-order valence-electron chi connectivity index (χ0n) is 9.34. The fraction of sp³-hybridized carbons (Fsp3) is 0.500. The molecule has 0 aromatic heterocycles. The van der Waals surface area contributed by atoms with Gasteiger partial charge >= 0.3 is 0 Å². The maximum absolute atomic E-state index is 13.7. The van der Waals surface area contributed by atoms with Crippen LogP contribution in [-0.4, -0.2) is 22.8 Å². The Bertz CT molecular complexity index is 419. The van der Waals surface area contributed by atoms with Crippen LogP contribution in [0.25, 0.3) is 0 Å². The van der Waals surface area contributed by atoms with Crippen molar-refractivity contribution in [2.24, 2.45) is 0 Å². The molecule has 1 aromatic rings. The maximum atomic E-state index is 13.7. The van der Waals surface area contributed by atoms with Gasteiger partial charge < -0.3 is 15.5 Å². The van der Waals surface area contributed by atoms with Crippen LogP contribution in [0.5, 0.6) is 11.5 Å². The molecule has 1 aliphatic heterocycles. The molecule has 17 heavy (non-hydrogen) atoms. The lowest BCUT2D eigenvalue weighted by Crippen LogP contribution is -2.35. The van der Waals surface area contributed by atoms with Gasteiger partial charge in [-0.25, -0.2) is 4.39 Å². The predicted molar refractivity (Wildman–Crippen MR) is 66.8 cm³/mol. The van der Waals surface area contributed by atoms with Crippen LogP contribution in [0, 0.1) is 5.82 Å². The number of phenolic OH excluding ortho intramolecular Hbond substituents is 2. The maximum Gasteiger partial charge on any atom is 0.172 e. The number of rotatable bonds is 2. The Morgan fingerprint density at radius 1 is 1.41 bits per heavy atom. The Kier molecular flexibility index (Phi) is 3.89. The number of phenols is 2. The topological polar surface area (TPSA) is 52.5 Å². The third kappa shape index (κ3) is 2.72. The molecular formula is C12H15BrFNO2. The van der Waals surface area contributed by atoms with Gasteiger partial charge in [-0.05, 0) is 41.7 Å². The molecule has 0 radical (unpaired) electrons. The van der Waals surface area contributed by atoms with Crippen LogP contribution >= 0.6 is 15.9 Å². The molecule has 1 heterocycles. The molecule has 0 spiro atoms. The van der Waals surface area contributed by atoms with Crippen molar-refractivity contribution in [2.75, 3.05) is 6.54 Å². The Hall–Kier alpha value is -0.810. The molecule has 1 aromatic carbocycles. The van der Waals surface area contributed by atoms with E-state index >= 15 is 0 Å². The fourth-order valence-electron chi connectivity index (χ4n) is 2.17. The molecule has 0 aliphatic carbocycles. The van der Waals surface area contributed by atoms with Crippen LogP contribution in [0.15, 0.2) is 10.5 Å². The van der Waals surface area contributed by atoms with Crippen LogP contribution in [0.3, 0.4) is 0 Å². The van der Waals surface area contributed by atoms with Gasteiger partial charge in [0, 0.05) is 17.7 Å². The number of halogens is 2. The molecule has 1 unspecified atom stereocenters. The number of hydrogen-bond acceptors (Lipinski definition) is 3. The van der Waals surface area contributed by atoms with Crippen LogP contribution in [0.4, 0.5) is 4.39 Å². The van der Waals surface area contributed by atoms with Crippen LogP contribution in [0.1, 0.15) is 24.8 Å². The lowest BCUT2D eigenvalue weighted by molar-refractivity contribution is 0.382. The van der Waals surface area contributed by atoms with Gasteiger partial charge in [0.15, 0.2) is 11.5 Å². The van der Waals surface area contributed by atoms with E-state index in [1.54, 1.807) is 0 Å². The summed E-state index contributed by atoms with van der Waals surface area (Å²) >= 11 is 3.13. The molecule has 1 saturated heterocycles. The molecule has 1 atom stereocenters. The van der Waals surface area contributed by atoms with Crippen LogP contribution in [0.2, 0.25) is 0 Å². The molecule has 94 valence electrons. The summed E-state index contributed by atoms with van der Waals surface area (Å²) in [5.74, 6) is -1.22. The molecule has 0 saturated carbocycles. The Morgan fingerprint density at radius 2 is 2.18 bits per heavy atom. The smallest absolute Gasteiger partial charge is 0.172 e. The number of benzene rings is 1. The lowest BCUT2D eigenvalue weighted by atomic mass is 9.97. The quantitative estimate of drug-likeness (QED) is 0.736. The normalized spacial score (nSPS) is 20.5. The average molecular weight is 304 g/mol. The summed E-state index contributed by atoms with van der Waals surface area (Å²) in [7, 11) is 0. The number of nitrogens with one attached hydrogen (secondary N) is 1. The van der Waals surface area contributed by atoms with Gasteiger partial charge in [-0.2, -0.15) is 0 Å². The number of piperidine rings is 1. The van der Waals surface area contributed by atoms with Crippen molar-refractivity contribution >= 4 is 15.9 Å². The van der Waals surface area contributed by atoms with Crippen LogP contribution in [-0.2, 0) is 6.42 Å². The molecular weight excluding hydrogens is 289 g/mol. The monoisotopic (exact) mass is 303 g/mol. The Labute approximate surface area is 108 Å². The number of hydrogen-bond donors (Lipinski definition) is 3. The van der Waals surface area contributed by atoms with E-state index in [4.69, 9.17) is 0 Å². The van der Waals surface area contributed by atoms with Crippen molar-refractivity contribution in [3.05, 3.63) is 21.9 Å². The molecule has 1 fully saturated rings. The molecule has 3 N–H and O–H groups in total. The molecule has 3 nitrogen and oxygen atoms in total. The summed E-state index contributed by atoms with van der Waals surface area (Å²) in [5.41, 5.74) is 0.416. The fourth-order valence-corrected chi connectivity index (χ4v) is 2.72. The number of aromatic hydroxyl groups is 2. The first-order valence-electron chi connectivity index (χ1n) is 5.71. The van der Waals surface area contributed by atoms with E-state index in [0.29, 0.717) is 12.0 Å². The van der Waals surface area contributed by atoms with E-state index in [0.717, 1.165) is 31.9 Å². The second-order valence-corrected chi connectivity index (χ2v) is 5.16. The van der Waals surface area contributed by atoms with Crippen molar-refractivity contribution in [2.45, 2.75) is 31.7 Å². The standard InChI is InChI=1S/C12H15BrFNO2/c13-11-8(5-7-3-1-2-4-15-7)9(14)6-10(16)12(11)17/h6-7,15-17H,1-5H2. The Balaban J connectivity index is 2.22. The summed E-state index contributed by atoms with van der Waals surface area (Å²) in [6.07, 6.45) is 3.82. The first kappa shape index (κ1) is 12.6. The molecule has 5 heteroatoms. The lowest BCUT2D eigenvalue weighted by Gasteiger charge is -2.24. The SMILES string of the molecule is Oc1cc(F)c(CC2CCCCN2)c(Br)c1O. The van der Waals surface area contributed by atoms with Gasteiger partial charge in [0.25, 0.3) is 0 Å². The summed E-state index contributed by atoms with van der Waals surface area (Å²) in [6, 6.07) is 1.19. The summed E-state index contributed by atoms with van der Waals surface area (Å²) in [6.45, 7) is 0.952. The summed E-state index contributed by atoms with van der Waals surface area (Å²) < 4.78 is 14.0. The summed E-state index contributed by atoms with van der Waals surface area (Å²) in [5, 5.41) is 22.2. The largest absolute Gasteiger partial charge is 0.504 e. The molecule has 0 amide bonds. The van der Waals surface area contributed by atoms with Crippen LogP contribution < -0.4 is 5.32 Å². The molecule has 0 bridgehead atoms. The van der Waals surface area contributed by atoms with E-state index in [-0.39, 0.29) is 16.3 Å². The van der Waals surface area contributed by atoms with Gasteiger partial charge in [0.2, 0.25) is 0 Å². The first-order valence-corrected chi connectivity index (χ1v) is 6.51. The first-order chi connectivity index (χ1) is 8.09. The van der Waals surface area contributed by atoms with Crippen molar-refractivity contribution < 1.29 is 14.6 Å². The highest BCUT2D eigenvalue weighted by Gasteiger charge is 2.20. The van der Waals surface area contributed by atoms with E-state index in [2.05, 4.69) is 21.2 Å². The van der Waals surface area contributed by atoms with E-state index < -0.39 is 11.6 Å². The minimum Gasteiger partial charge on any atom is -0.504 e. The second kappa shape index (κ2) is 5.23. The van der Waals surface area contributed by atoms with E-state index in [1.165, 1.54) is 0 Å². The van der Waals surface area contributed by atoms with E-state index in [9.17, 15) is 14.6 Å². The third-order valence-electron chi connectivity index (χ3n) is 3.13. The van der Waals surface area contributed by atoms with Gasteiger partial charge in [-0.1, -0.05) is 6.42 Å². The third-order valence-corrected chi connectivity index (χ3v) is 3.98. The minimum absolute atomic E-state index is 0.235. The highest BCUT2D eigenvalue weighted by atomic mass is 79.9. The summed E-state index contributed by atoms with van der Waals surface area (Å²) in [4.78, 5) is 0. The minimum atomic E-state index is -0.487. The van der Waals surface area contributed by atoms with Gasteiger partial charge in [-0.3, -0.25) is 0 Å². The van der Waals surface area contributed by atoms with Crippen molar-refractivity contribution in [1.29, 1.82) is 0 Å². The average Bonchev–Trinajstić information content (AvgIpc) is 2.33. The highest BCUT2D eigenvalue weighted by molar-refractivity contribution is 9.10. The van der Waals surface area contributed by atoms with Gasteiger partial charge in [0.05, 0.1) is 4.47 Å². The van der Waals surface area contributed by atoms with Gasteiger partial charge in [-0.15, -0.1) is 0 Å². The Morgan fingerprint density at radius 3 is 2.82 bits per heavy atom. The molecule has 1 aliphatic rings. The van der Waals surface area contributed by atoms with E-state index in [1.807, 2.05) is 0 Å². The highest BCUT2D eigenvalue weighted by Crippen LogP contribution is 2.38. The van der Waals surface area contributed by atoms with Crippen molar-refractivity contribution in [3.63, 3.8) is 0 Å². The predicted octanol–water partition coefficient (Wildman–Crippen LogP) is 2.68.